The first kappa shape index (κ1) is 26.9. The molecule has 2 aromatic rings. The van der Waals surface area contributed by atoms with Crippen molar-refractivity contribution in [3.05, 3.63) is 40.9 Å². The molecule has 1 aliphatic heterocycles. The van der Waals surface area contributed by atoms with Crippen LogP contribution in [0.1, 0.15) is 48.9 Å². The third kappa shape index (κ3) is 9.48. The summed E-state index contributed by atoms with van der Waals surface area (Å²) >= 11 is 0. The molecule has 1 amide bonds. The van der Waals surface area contributed by atoms with Crippen LogP contribution in [0.2, 0.25) is 0 Å². The zero-order valence-corrected chi connectivity index (χ0v) is 20.1. The van der Waals surface area contributed by atoms with E-state index < -0.39 is 12.8 Å². The second kappa shape index (κ2) is 12.9. The highest BCUT2D eigenvalue weighted by Crippen LogP contribution is 2.20. The van der Waals surface area contributed by atoms with Crippen LogP contribution in [0.25, 0.3) is 0 Å². The number of nitrogens with zero attached hydrogens (tertiary/aromatic N) is 2. The van der Waals surface area contributed by atoms with Gasteiger partial charge in [0.15, 0.2) is 6.61 Å². The summed E-state index contributed by atoms with van der Waals surface area (Å²) in [7, 11) is 0. The fourth-order valence-corrected chi connectivity index (χ4v) is 3.98. The van der Waals surface area contributed by atoms with Gasteiger partial charge in [-0.3, -0.25) is 4.79 Å². The third-order valence-corrected chi connectivity index (χ3v) is 5.73. The van der Waals surface area contributed by atoms with Gasteiger partial charge in [0.25, 0.3) is 0 Å². The lowest BCUT2D eigenvalue weighted by Gasteiger charge is -2.29. The maximum absolute atomic E-state index is 12.3. The van der Waals surface area contributed by atoms with Crippen molar-refractivity contribution in [2.75, 3.05) is 26.3 Å². The average molecular weight is 499 g/mol. The van der Waals surface area contributed by atoms with Crippen molar-refractivity contribution in [2.45, 2.75) is 70.7 Å². The number of alkyl halides is 3. The van der Waals surface area contributed by atoms with E-state index in [-0.39, 0.29) is 30.4 Å². The summed E-state index contributed by atoms with van der Waals surface area (Å²) in [6, 6.07) is 5.02. The molecule has 35 heavy (non-hydrogen) atoms. The van der Waals surface area contributed by atoms with E-state index in [0.717, 1.165) is 50.0 Å². The van der Waals surface area contributed by atoms with Gasteiger partial charge >= 0.3 is 6.18 Å². The molecule has 0 aromatic carbocycles. The minimum Gasteiger partial charge on any atom is -0.468 e. The first-order valence-electron chi connectivity index (χ1n) is 11.9. The van der Waals surface area contributed by atoms with E-state index in [4.69, 9.17) is 14.0 Å². The molecule has 0 radical (unpaired) electrons. The molecular weight excluding hydrogens is 465 g/mol. The van der Waals surface area contributed by atoms with Gasteiger partial charge in [0.05, 0.1) is 30.9 Å². The lowest BCUT2D eigenvalue weighted by Crippen LogP contribution is -2.43. The smallest absolute Gasteiger partial charge is 0.422 e. The topological polar surface area (TPSA) is 98.5 Å². The molecule has 2 N–H and O–H groups in total. The van der Waals surface area contributed by atoms with E-state index in [1.165, 1.54) is 6.07 Å². The number of hydrogen-bond donors (Lipinski definition) is 2. The summed E-state index contributed by atoms with van der Waals surface area (Å²) in [5.41, 5.74) is 2.36. The molecule has 2 atom stereocenters. The molecule has 8 nitrogen and oxygen atoms in total. The number of aromatic nitrogens is 2. The van der Waals surface area contributed by atoms with Crippen LogP contribution < -0.4 is 15.4 Å². The van der Waals surface area contributed by atoms with E-state index in [0.29, 0.717) is 24.5 Å². The van der Waals surface area contributed by atoms with Crippen LogP contribution in [0.15, 0.2) is 22.7 Å². The summed E-state index contributed by atoms with van der Waals surface area (Å²) in [5, 5.41) is 10.2. The second-order valence-corrected chi connectivity index (χ2v) is 8.70. The fourth-order valence-electron chi connectivity index (χ4n) is 3.98. The van der Waals surface area contributed by atoms with Gasteiger partial charge in [0.2, 0.25) is 11.8 Å². The van der Waals surface area contributed by atoms with Crippen LogP contribution in [-0.2, 0) is 28.8 Å². The molecule has 1 fully saturated rings. The summed E-state index contributed by atoms with van der Waals surface area (Å²) in [4.78, 5) is 16.4. The Bertz CT molecular complexity index is 943. The van der Waals surface area contributed by atoms with Crippen LogP contribution in [0.3, 0.4) is 0 Å². The molecule has 3 rings (SSSR count). The minimum atomic E-state index is -4.38. The number of carbonyl (C=O) groups is 1. The number of halogens is 3. The normalized spacial score (nSPS) is 18.4. The molecule has 0 spiro atoms. The maximum atomic E-state index is 12.3. The number of carbonyl (C=O) groups excluding carboxylic acids is 1. The number of amides is 1. The largest absolute Gasteiger partial charge is 0.468 e. The fraction of sp³-hybridized carbons (Fsp3) is 0.625. The van der Waals surface area contributed by atoms with Gasteiger partial charge in [0, 0.05) is 17.8 Å². The van der Waals surface area contributed by atoms with Crippen molar-refractivity contribution in [1.29, 1.82) is 0 Å². The van der Waals surface area contributed by atoms with Gasteiger partial charge < -0.3 is 24.6 Å². The van der Waals surface area contributed by atoms with E-state index in [2.05, 4.69) is 20.8 Å². The Labute approximate surface area is 202 Å². The standard InChI is InChI=1S/C24H33F3N4O4/c1-3-21-17(4-7-23(30-21)34-15-24(25,26)27)8-10-28-11-9-20-6-5-18(14-33-20)29-22(32)13-19-12-16(2)35-31-19/h4,7,12,18,20,28H,3,5-6,8-11,13-15H2,1-2H3,(H,29,32)/t18-,20+/m0/s1. The Kier molecular flexibility index (Phi) is 9.91. The third-order valence-electron chi connectivity index (χ3n) is 5.73. The van der Waals surface area contributed by atoms with Crippen molar-refractivity contribution < 1.29 is 32.0 Å². The summed E-state index contributed by atoms with van der Waals surface area (Å²) < 4.78 is 52.6. The van der Waals surface area contributed by atoms with E-state index >= 15 is 0 Å². The minimum absolute atomic E-state index is 0.00255. The Morgan fingerprint density at radius 2 is 2.09 bits per heavy atom. The van der Waals surface area contributed by atoms with Gasteiger partial charge in [0.1, 0.15) is 5.76 Å². The van der Waals surface area contributed by atoms with Crippen LogP contribution in [-0.4, -0.2) is 60.7 Å². The SMILES string of the molecule is CCc1nc(OCC(F)(F)F)ccc1CCNCC[C@H]1CC[C@H](NC(=O)Cc2cc(C)on2)CO1. The van der Waals surface area contributed by atoms with Crippen LogP contribution in [0, 0.1) is 6.92 Å². The Morgan fingerprint density at radius 3 is 2.74 bits per heavy atom. The highest BCUT2D eigenvalue weighted by atomic mass is 19.4. The van der Waals surface area contributed by atoms with Gasteiger partial charge in [-0.25, -0.2) is 4.98 Å². The monoisotopic (exact) mass is 498 g/mol. The highest BCUT2D eigenvalue weighted by molar-refractivity contribution is 5.78. The Morgan fingerprint density at radius 1 is 1.26 bits per heavy atom. The molecule has 11 heteroatoms. The average Bonchev–Trinajstić information content (AvgIpc) is 3.22. The predicted molar refractivity (Wildman–Crippen MR) is 122 cm³/mol. The first-order chi connectivity index (χ1) is 16.7. The highest BCUT2D eigenvalue weighted by Gasteiger charge is 2.28. The van der Waals surface area contributed by atoms with Crippen molar-refractivity contribution in [2.24, 2.45) is 0 Å². The van der Waals surface area contributed by atoms with Gasteiger partial charge in [-0.05, 0) is 57.7 Å². The zero-order chi connectivity index (χ0) is 25.3. The zero-order valence-electron chi connectivity index (χ0n) is 20.1. The van der Waals surface area contributed by atoms with Crippen LogP contribution in [0.4, 0.5) is 13.2 Å². The number of ether oxygens (including phenoxy) is 2. The Hall–Kier alpha value is -2.66. The predicted octanol–water partition coefficient (Wildman–Crippen LogP) is 3.31. The lowest BCUT2D eigenvalue weighted by molar-refractivity contribution is -0.154. The van der Waals surface area contributed by atoms with Crippen LogP contribution >= 0.6 is 0 Å². The lowest BCUT2D eigenvalue weighted by atomic mass is 10.0. The molecule has 0 bridgehead atoms. The number of aryl methyl sites for hydroxylation is 2. The number of hydrogen-bond acceptors (Lipinski definition) is 7. The van der Waals surface area contributed by atoms with Gasteiger partial charge in [-0.15, -0.1) is 0 Å². The van der Waals surface area contributed by atoms with Gasteiger partial charge in [-0.1, -0.05) is 18.1 Å². The van der Waals surface area contributed by atoms with Crippen LogP contribution in [0.5, 0.6) is 5.88 Å². The van der Waals surface area contributed by atoms with E-state index in [9.17, 15) is 18.0 Å². The summed E-state index contributed by atoms with van der Waals surface area (Å²) in [6.45, 7) is 4.36. The van der Waals surface area contributed by atoms with Crippen molar-refractivity contribution >= 4 is 5.91 Å². The molecule has 1 saturated heterocycles. The molecule has 0 aliphatic carbocycles. The van der Waals surface area contributed by atoms with Crippen molar-refractivity contribution in [3.63, 3.8) is 0 Å². The number of rotatable bonds is 12. The molecule has 0 saturated carbocycles. The molecule has 2 aromatic heterocycles. The number of pyridine rings is 1. The molecule has 194 valence electrons. The Balaban J connectivity index is 1.29. The first-order valence-corrected chi connectivity index (χ1v) is 11.9. The maximum Gasteiger partial charge on any atom is 0.422 e. The molecular formula is C24H33F3N4O4. The van der Waals surface area contributed by atoms with Crippen molar-refractivity contribution in [3.8, 4) is 5.88 Å². The summed E-state index contributed by atoms with van der Waals surface area (Å²) in [5.74, 6) is 0.584. The van der Waals surface area contributed by atoms with E-state index in [1.807, 2.05) is 6.92 Å². The van der Waals surface area contributed by atoms with Gasteiger partial charge in [-0.2, -0.15) is 13.2 Å². The molecule has 3 heterocycles. The quantitative estimate of drug-likeness (QED) is 0.433. The second-order valence-electron chi connectivity index (χ2n) is 8.70. The summed E-state index contributed by atoms with van der Waals surface area (Å²) in [6.07, 6.45) is -0.106. The van der Waals surface area contributed by atoms with E-state index in [1.54, 1.807) is 19.1 Å². The molecule has 0 unspecified atom stereocenters. The molecule has 1 aliphatic rings. The van der Waals surface area contributed by atoms with Crippen molar-refractivity contribution in [1.82, 2.24) is 20.8 Å². The number of nitrogens with one attached hydrogen (secondary N) is 2.